The number of methoxy groups -OCH3 is 1. The summed E-state index contributed by atoms with van der Waals surface area (Å²) in [6.07, 6.45) is 0.429. The summed E-state index contributed by atoms with van der Waals surface area (Å²) in [5.74, 6) is 0.374. The van der Waals surface area contributed by atoms with Gasteiger partial charge in [0.15, 0.2) is 11.5 Å². The highest BCUT2D eigenvalue weighted by molar-refractivity contribution is 9.10. The van der Waals surface area contributed by atoms with E-state index in [4.69, 9.17) is 14.2 Å². The molecule has 0 aliphatic carbocycles. The molecule has 6 nitrogen and oxygen atoms in total. The van der Waals surface area contributed by atoms with Gasteiger partial charge in [-0.1, -0.05) is 30.3 Å². The molecule has 0 saturated carbocycles. The molecule has 0 radical (unpaired) electrons. The molecule has 2 aliphatic heterocycles. The second kappa shape index (κ2) is 10.8. The van der Waals surface area contributed by atoms with Crippen LogP contribution in [0.1, 0.15) is 35.6 Å². The number of rotatable bonds is 8. The van der Waals surface area contributed by atoms with Crippen LogP contribution in [0.3, 0.4) is 0 Å². The molecule has 0 spiro atoms. The zero-order valence-electron chi connectivity index (χ0n) is 22.0. The van der Waals surface area contributed by atoms with Crippen molar-refractivity contribution in [2.45, 2.75) is 24.5 Å². The lowest BCUT2D eigenvalue weighted by Gasteiger charge is -2.48. The third-order valence-corrected chi connectivity index (χ3v) is 8.67. The van der Waals surface area contributed by atoms with Crippen LogP contribution in [0, 0.1) is 17.6 Å². The molecule has 2 atom stereocenters. The van der Waals surface area contributed by atoms with E-state index in [-0.39, 0.29) is 25.2 Å². The molecule has 4 aromatic rings. The van der Waals surface area contributed by atoms with Crippen molar-refractivity contribution in [3.8, 4) is 17.2 Å². The summed E-state index contributed by atoms with van der Waals surface area (Å²) in [4.78, 5) is 15.5. The maximum atomic E-state index is 13.8. The quantitative estimate of drug-likeness (QED) is 0.217. The van der Waals surface area contributed by atoms with Crippen LogP contribution in [0.25, 0.3) is 0 Å². The standard InChI is InChI=1S/C32H26BrF2NO5/c1-39-24-12-10-23(11-13-24)36-29(25-14-15-27-30(28(25)33)41-18-40-27)26(31(36)37)16-17-32(38,19-2-6-21(34)7-3-19)20-4-8-22(35)9-5-20/h2-15,26,29,38H,16-18H2,1H3. The lowest BCUT2D eigenvalue weighted by molar-refractivity contribution is -0.131. The predicted molar refractivity (Wildman–Crippen MR) is 152 cm³/mol. The normalized spacial score (nSPS) is 17.9. The van der Waals surface area contributed by atoms with Gasteiger partial charge in [0.2, 0.25) is 12.7 Å². The van der Waals surface area contributed by atoms with Gasteiger partial charge >= 0.3 is 0 Å². The Balaban J connectivity index is 1.37. The number of amides is 1. The molecule has 6 rings (SSSR count). The smallest absolute Gasteiger partial charge is 0.233 e. The number of ether oxygens (including phenoxy) is 3. The third kappa shape index (κ3) is 4.83. The van der Waals surface area contributed by atoms with E-state index in [1.165, 1.54) is 48.5 Å². The van der Waals surface area contributed by atoms with Crippen LogP contribution in [-0.4, -0.2) is 24.9 Å². The van der Waals surface area contributed by atoms with Crippen LogP contribution in [-0.2, 0) is 10.4 Å². The van der Waals surface area contributed by atoms with Gasteiger partial charge in [-0.2, -0.15) is 0 Å². The molecular formula is C32H26BrF2NO5. The van der Waals surface area contributed by atoms with Gasteiger partial charge in [-0.15, -0.1) is 0 Å². The Morgan fingerprint density at radius 1 is 0.927 bits per heavy atom. The summed E-state index contributed by atoms with van der Waals surface area (Å²) in [6.45, 7) is 0.106. The van der Waals surface area contributed by atoms with Gasteiger partial charge in [-0.05, 0) is 100 Å². The fourth-order valence-corrected chi connectivity index (χ4v) is 6.35. The van der Waals surface area contributed by atoms with Crippen molar-refractivity contribution in [3.63, 3.8) is 0 Å². The highest BCUT2D eigenvalue weighted by Gasteiger charge is 2.50. The van der Waals surface area contributed by atoms with Crippen LogP contribution in [0.5, 0.6) is 17.2 Å². The summed E-state index contributed by atoms with van der Waals surface area (Å²) < 4.78 is 44.7. The van der Waals surface area contributed by atoms with E-state index in [0.29, 0.717) is 45.0 Å². The maximum absolute atomic E-state index is 13.8. The number of β-lactam (4-membered cyclic amide) rings is 1. The monoisotopic (exact) mass is 621 g/mol. The Labute approximate surface area is 244 Å². The fraction of sp³-hybridized carbons (Fsp3) is 0.219. The second-order valence-electron chi connectivity index (χ2n) is 10.1. The number of carbonyl (C=O) groups excluding carboxylic acids is 1. The molecule has 1 saturated heterocycles. The van der Waals surface area contributed by atoms with Crippen LogP contribution in [0.4, 0.5) is 14.5 Å². The number of hydrogen-bond acceptors (Lipinski definition) is 5. The number of hydrogen-bond donors (Lipinski definition) is 1. The Morgan fingerprint density at radius 3 is 2.12 bits per heavy atom. The van der Waals surface area contributed by atoms with E-state index in [1.54, 1.807) is 24.1 Å². The maximum Gasteiger partial charge on any atom is 0.233 e. The van der Waals surface area contributed by atoms with E-state index in [2.05, 4.69) is 15.9 Å². The lowest BCUT2D eigenvalue weighted by Crippen LogP contribution is -2.55. The molecule has 2 aliphatic rings. The number of nitrogens with zero attached hydrogens (tertiary/aromatic N) is 1. The highest BCUT2D eigenvalue weighted by atomic mass is 79.9. The first kappa shape index (κ1) is 27.2. The fourth-order valence-electron chi connectivity index (χ4n) is 5.67. The first-order valence-corrected chi connectivity index (χ1v) is 13.9. The molecule has 1 fully saturated rings. The van der Waals surface area contributed by atoms with Gasteiger partial charge in [0, 0.05) is 5.69 Å². The molecule has 210 valence electrons. The highest BCUT2D eigenvalue weighted by Crippen LogP contribution is 2.52. The van der Waals surface area contributed by atoms with Gasteiger partial charge in [-0.3, -0.25) is 4.79 Å². The summed E-state index contributed by atoms with van der Waals surface area (Å²) in [7, 11) is 1.58. The third-order valence-electron chi connectivity index (χ3n) is 7.85. The van der Waals surface area contributed by atoms with E-state index in [0.717, 1.165) is 5.56 Å². The first-order valence-electron chi connectivity index (χ1n) is 13.1. The largest absolute Gasteiger partial charge is 0.497 e. The predicted octanol–water partition coefficient (Wildman–Crippen LogP) is 6.89. The lowest BCUT2D eigenvalue weighted by atomic mass is 9.74. The molecular weight excluding hydrogens is 596 g/mol. The average Bonchev–Trinajstić information content (AvgIpc) is 3.47. The number of halogens is 3. The van der Waals surface area contributed by atoms with Gasteiger partial charge in [0.25, 0.3) is 0 Å². The van der Waals surface area contributed by atoms with Crippen LogP contribution >= 0.6 is 15.9 Å². The minimum Gasteiger partial charge on any atom is -0.497 e. The van der Waals surface area contributed by atoms with E-state index >= 15 is 0 Å². The zero-order valence-corrected chi connectivity index (χ0v) is 23.6. The Morgan fingerprint density at radius 2 is 1.54 bits per heavy atom. The van der Waals surface area contributed by atoms with Crippen LogP contribution in [0.15, 0.2) is 89.4 Å². The number of aliphatic hydroxyl groups is 1. The Bertz CT molecular complexity index is 1530. The van der Waals surface area contributed by atoms with Gasteiger partial charge in [0.1, 0.15) is 23.0 Å². The summed E-state index contributed by atoms with van der Waals surface area (Å²) in [6, 6.07) is 21.7. The molecule has 2 heterocycles. The number of fused-ring (bicyclic) bond motifs is 1. The van der Waals surface area contributed by atoms with E-state index < -0.39 is 23.2 Å². The van der Waals surface area contributed by atoms with Crippen molar-refractivity contribution < 1.29 is 32.9 Å². The number of carbonyl (C=O) groups is 1. The zero-order chi connectivity index (χ0) is 28.7. The van der Waals surface area contributed by atoms with Crippen molar-refractivity contribution in [1.29, 1.82) is 0 Å². The van der Waals surface area contributed by atoms with Crippen molar-refractivity contribution in [3.05, 3.63) is 118 Å². The second-order valence-corrected chi connectivity index (χ2v) is 10.9. The van der Waals surface area contributed by atoms with Gasteiger partial charge < -0.3 is 24.2 Å². The molecule has 0 bridgehead atoms. The Hall–Kier alpha value is -3.95. The first-order chi connectivity index (χ1) is 19.8. The molecule has 4 aromatic carbocycles. The minimum atomic E-state index is -1.58. The van der Waals surface area contributed by atoms with Crippen LogP contribution in [0.2, 0.25) is 0 Å². The van der Waals surface area contributed by atoms with Crippen molar-refractivity contribution in [1.82, 2.24) is 0 Å². The Kier molecular flexibility index (Phi) is 7.17. The summed E-state index contributed by atoms with van der Waals surface area (Å²) in [5, 5.41) is 12.0. The average molecular weight is 622 g/mol. The molecule has 2 unspecified atom stereocenters. The van der Waals surface area contributed by atoms with Gasteiger partial charge in [-0.25, -0.2) is 8.78 Å². The molecule has 1 N–H and O–H groups in total. The van der Waals surface area contributed by atoms with E-state index in [1.807, 2.05) is 24.3 Å². The van der Waals surface area contributed by atoms with Crippen LogP contribution < -0.4 is 19.1 Å². The molecule has 41 heavy (non-hydrogen) atoms. The minimum absolute atomic E-state index is 0.106. The summed E-state index contributed by atoms with van der Waals surface area (Å²) >= 11 is 3.67. The number of benzene rings is 4. The number of anilines is 1. The molecule has 1 amide bonds. The van der Waals surface area contributed by atoms with Gasteiger partial charge in [0.05, 0.1) is 23.5 Å². The topological polar surface area (TPSA) is 68.2 Å². The van der Waals surface area contributed by atoms with Crippen molar-refractivity contribution >= 4 is 27.5 Å². The van der Waals surface area contributed by atoms with E-state index in [9.17, 15) is 18.7 Å². The molecule has 0 aromatic heterocycles. The van der Waals surface area contributed by atoms with Crippen molar-refractivity contribution in [2.75, 3.05) is 18.8 Å². The van der Waals surface area contributed by atoms with Crippen molar-refractivity contribution in [2.24, 2.45) is 5.92 Å². The SMILES string of the molecule is COc1ccc(N2C(=O)C(CCC(O)(c3ccc(F)cc3)c3ccc(F)cc3)C2c2ccc3c(c2Br)OCO3)cc1. The molecule has 9 heteroatoms. The summed E-state index contributed by atoms with van der Waals surface area (Å²) in [5.41, 5.74) is 0.852.